The molecule has 0 radical (unpaired) electrons. The van der Waals surface area contributed by atoms with Crippen LogP contribution in [-0.4, -0.2) is 44.4 Å². The van der Waals surface area contributed by atoms with E-state index in [1.807, 2.05) is 7.05 Å². The van der Waals surface area contributed by atoms with Gasteiger partial charge in [-0.15, -0.1) is 0 Å². The van der Waals surface area contributed by atoms with Crippen LogP contribution in [0.25, 0.3) is 0 Å². The minimum Gasteiger partial charge on any atom is -0.375 e. The van der Waals surface area contributed by atoms with Crippen molar-refractivity contribution in [3.05, 3.63) is 0 Å². The highest BCUT2D eigenvalue weighted by Gasteiger charge is 2.05. The first-order chi connectivity index (χ1) is 5.22. The van der Waals surface area contributed by atoms with E-state index in [0.717, 1.165) is 6.54 Å². The van der Waals surface area contributed by atoms with Crippen molar-refractivity contribution >= 4 is 15.3 Å². The summed E-state index contributed by atoms with van der Waals surface area (Å²) >= 11 is 0. The van der Waals surface area contributed by atoms with E-state index in [9.17, 15) is 4.79 Å². The predicted molar refractivity (Wildman–Crippen MR) is 47.2 cm³/mol. The van der Waals surface area contributed by atoms with Crippen molar-refractivity contribution in [1.82, 2.24) is 9.99 Å². The number of carbonyl (C=O) groups is 1. The fourth-order valence-corrected chi connectivity index (χ4v) is 0.767. The van der Waals surface area contributed by atoms with Gasteiger partial charge in [-0.1, -0.05) is 0 Å². The highest BCUT2D eigenvalue weighted by atomic mass is 31.0. The van der Waals surface area contributed by atoms with Crippen LogP contribution in [0.2, 0.25) is 0 Å². The Morgan fingerprint density at radius 2 is 2.36 bits per heavy atom. The highest BCUT2D eigenvalue weighted by molar-refractivity contribution is 7.14. The van der Waals surface area contributed by atoms with Crippen molar-refractivity contribution in [3.8, 4) is 0 Å². The summed E-state index contributed by atoms with van der Waals surface area (Å²) in [7, 11) is 5.72. The van der Waals surface area contributed by atoms with Gasteiger partial charge in [0.25, 0.3) is 5.91 Å². The normalized spacial score (nSPS) is 9.73. The van der Waals surface area contributed by atoms with Crippen LogP contribution >= 0.6 is 9.39 Å². The van der Waals surface area contributed by atoms with Gasteiger partial charge in [-0.25, -0.2) is 0 Å². The molecule has 0 aliphatic rings. The molecule has 0 aromatic rings. The van der Waals surface area contributed by atoms with Gasteiger partial charge < -0.3 is 14.7 Å². The Bertz CT molecular complexity index is 121. The molecular weight excluding hydrogens is 163 g/mol. The lowest BCUT2D eigenvalue weighted by Crippen LogP contribution is -2.30. The van der Waals surface area contributed by atoms with Gasteiger partial charge in [-0.05, 0) is 16.4 Å². The van der Waals surface area contributed by atoms with Crippen molar-refractivity contribution in [1.29, 1.82) is 0 Å². The number of carbonyl (C=O) groups excluding carboxylic acids is 1. The van der Waals surface area contributed by atoms with Crippen molar-refractivity contribution in [2.75, 3.05) is 33.9 Å². The van der Waals surface area contributed by atoms with Gasteiger partial charge in [0.15, 0.2) is 0 Å². The van der Waals surface area contributed by atoms with Crippen LogP contribution in [0.4, 0.5) is 0 Å². The van der Waals surface area contributed by atoms with Crippen LogP contribution in [0, 0.1) is 0 Å². The highest BCUT2D eigenvalue weighted by Crippen LogP contribution is 1.97. The molecule has 4 nitrogen and oxygen atoms in total. The second-order valence-corrected chi connectivity index (χ2v) is 2.75. The minimum absolute atomic E-state index is 0.0206. The molecule has 0 saturated carbocycles. The van der Waals surface area contributed by atoms with Crippen molar-refractivity contribution in [3.63, 3.8) is 0 Å². The molecule has 5 heteroatoms. The number of nitrogens with one attached hydrogen (secondary N) is 1. The van der Waals surface area contributed by atoms with E-state index in [4.69, 9.17) is 0 Å². The summed E-state index contributed by atoms with van der Waals surface area (Å²) in [6, 6.07) is 0. The monoisotopic (exact) mass is 178 g/mol. The number of nitrogens with zero attached hydrogens (tertiary/aromatic N) is 1. The topological polar surface area (TPSA) is 41.6 Å². The summed E-state index contributed by atoms with van der Waals surface area (Å²) in [6.45, 7) is 1.62. The molecule has 0 rings (SSSR count). The third-order valence-electron chi connectivity index (χ3n) is 1.19. The summed E-state index contributed by atoms with van der Waals surface area (Å²) in [5.41, 5.74) is 0. The molecule has 1 unspecified atom stereocenters. The van der Waals surface area contributed by atoms with Crippen LogP contribution in [0.15, 0.2) is 0 Å². The second kappa shape index (κ2) is 6.53. The number of rotatable bonds is 5. The number of methoxy groups -OCH3 is 1. The fourth-order valence-electron chi connectivity index (χ4n) is 0.563. The smallest absolute Gasteiger partial charge is 0.251 e. The van der Waals surface area contributed by atoms with Crippen molar-refractivity contribution < 1.29 is 9.53 Å². The number of likely N-dealkylation sites (N-methyl/N-ethyl adjacent to an activating group) is 1. The molecular formula is C6H15N2O2P. The lowest BCUT2D eigenvalue weighted by atomic mass is 10.5. The Balaban J connectivity index is 3.46. The summed E-state index contributed by atoms with van der Waals surface area (Å²) in [5.74, 6) is -0.0206. The Hall–Kier alpha value is -0.180. The zero-order valence-corrected chi connectivity index (χ0v) is 8.12. The van der Waals surface area contributed by atoms with Crippen molar-refractivity contribution in [2.45, 2.75) is 0 Å². The molecule has 0 aliphatic carbocycles. The molecule has 1 N–H and O–H groups in total. The van der Waals surface area contributed by atoms with E-state index < -0.39 is 0 Å². The standard InChI is InChI=1S/C6H15N2O2P/c1-7-3-4-8(11)6(9)5-10-2/h7H,3-5,11H2,1-2H3. The first kappa shape index (κ1) is 10.8. The van der Waals surface area contributed by atoms with E-state index in [0.29, 0.717) is 6.54 Å². The van der Waals surface area contributed by atoms with Crippen LogP contribution in [0.3, 0.4) is 0 Å². The molecule has 0 fully saturated rings. The van der Waals surface area contributed by atoms with E-state index in [-0.39, 0.29) is 12.5 Å². The lowest BCUT2D eigenvalue weighted by molar-refractivity contribution is -0.129. The summed E-state index contributed by atoms with van der Waals surface area (Å²) in [4.78, 5) is 11.0. The largest absolute Gasteiger partial charge is 0.375 e. The first-order valence-corrected chi connectivity index (χ1v) is 3.92. The van der Waals surface area contributed by atoms with Crippen LogP contribution in [-0.2, 0) is 9.53 Å². The van der Waals surface area contributed by atoms with E-state index in [1.165, 1.54) is 7.11 Å². The molecule has 0 aliphatic heterocycles. The quantitative estimate of drug-likeness (QED) is 0.575. The molecule has 0 heterocycles. The molecule has 0 spiro atoms. The Kier molecular flexibility index (Phi) is 6.42. The summed E-state index contributed by atoms with van der Waals surface area (Å²) in [5, 5.41) is 2.95. The summed E-state index contributed by atoms with van der Waals surface area (Å²) in [6.07, 6.45) is 0. The third-order valence-corrected chi connectivity index (χ3v) is 1.74. The Morgan fingerprint density at radius 1 is 1.73 bits per heavy atom. The molecule has 66 valence electrons. The fraction of sp³-hybridized carbons (Fsp3) is 0.833. The molecule has 0 aromatic heterocycles. The molecule has 0 aromatic carbocycles. The van der Waals surface area contributed by atoms with Gasteiger partial charge in [0.05, 0.1) is 0 Å². The number of amides is 1. The SMILES string of the molecule is CNCCN(P)C(=O)COC. The van der Waals surface area contributed by atoms with Crippen molar-refractivity contribution in [2.24, 2.45) is 0 Å². The maximum atomic E-state index is 11.0. The third kappa shape index (κ3) is 5.13. The zero-order chi connectivity index (χ0) is 8.69. The van der Waals surface area contributed by atoms with Crippen LogP contribution in [0.1, 0.15) is 0 Å². The average molecular weight is 178 g/mol. The molecule has 1 amide bonds. The number of ether oxygens (including phenoxy) is 1. The number of hydrogen-bond donors (Lipinski definition) is 1. The predicted octanol–water partition coefficient (Wildman–Crippen LogP) is -0.529. The van der Waals surface area contributed by atoms with Gasteiger partial charge in [0.2, 0.25) is 0 Å². The molecule has 0 saturated heterocycles. The maximum absolute atomic E-state index is 11.0. The number of hydrogen-bond acceptors (Lipinski definition) is 3. The molecule has 1 atom stereocenters. The minimum atomic E-state index is -0.0206. The molecule has 0 bridgehead atoms. The first-order valence-electron chi connectivity index (χ1n) is 3.41. The molecule has 11 heavy (non-hydrogen) atoms. The van der Waals surface area contributed by atoms with Gasteiger partial charge >= 0.3 is 0 Å². The van der Waals surface area contributed by atoms with Gasteiger partial charge in [-0.2, -0.15) is 0 Å². The zero-order valence-electron chi connectivity index (χ0n) is 6.96. The van der Waals surface area contributed by atoms with E-state index in [2.05, 4.69) is 19.4 Å². The van der Waals surface area contributed by atoms with Gasteiger partial charge in [0.1, 0.15) is 6.61 Å². The van der Waals surface area contributed by atoms with E-state index in [1.54, 1.807) is 4.67 Å². The summed E-state index contributed by atoms with van der Waals surface area (Å²) < 4.78 is 6.24. The van der Waals surface area contributed by atoms with E-state index >= 15 is 0 Å². The average Bonchev–Trinajstić information content (AvgIpc) is 2.00. The second-order valence-electron chi connectivity index (χ2n) is 2.12. The van der Waals surface area contributed by atoms with Crippen LogP contribution < -0.4 is 5.32 Å². The maximum Gasteiger partial charge on any atom is 0.251 e. The van der Waals surface area contributed by atoms with Crippen LogP contribution in [0.5, 0.6) is 0 Å². The van der Waals surface area contributed by atoms with Gasteiger partial charge in [-0.3, -0.25) is 4.79 Å². The Morgan fingerprint density at radius 3 is 2.82 bits per heavy atom. The Labute approximate surface area is 69.5 Å². The van der Waals surface area contributed by atoms with Gasteiger partial charge in [0, 0.05) is 20.2 Å². The lowest BCUT2D eigenvalue weighted by Gasteiger charge is -2.15.